The van der Waals surface area contributed by atoms with Crippen LogP contribution in [-0.2, 0) is 4.79 Å². The molecule has 0 aromatic carbocycles. The fourth-order valence-electron chi connectivity index (χ4n) is 7.76. The quantitative estimate of drug-likeness (QED) is 0.0365. The van der Waals surface area contributed by atoms with E-state index in [0.717, 1.165) is 32.1 Å². The lowest BCUT2D eigenvalue weighted by molar-refractivity contribution is -0.124. The van der Waals surface area contributed by atoms with E-state index in [0.29, 0.717) is 6.42 Å². The van der Waals surface area contributed by atoms with Crippen LogP contribution in [0.15, 0.2) is 36.5 Å². The highest BCUT2D eigenvalue weighted by atomic mass is 16.3. The van der Waals surface area contributed by atoms with Crippen molar-refractivity contribution in [3.63, 3.8) is 0 Å². The van der Waals surface area contributed by atoms with Gasteiger partial charge in [-0.25, -0.2) is 0 Å². The van der Waals surface area contributed by atoms with Gasteiger partial charge in [0.2, 0.25) is 5.91 Å². The van der Waals surface area contributed by atoms with Crippen LogP contribution in [0.25, 0.3) is 0 Å². The summed E-state index contributed by atoms with van der Waals surface area (Å²) in [6.45, 7) is 4.16. The van der Waals surface area contributed by atoms with Crippen LogP contribution >= 0.6 is 0 Å². The van der Waals surface area contributed by atoms with Gasteiger partial charge < -0.3 is 20.6 Å². The van der Waals surface area contributed by atoms with Gasteiger partial charge in [-0.3, -0.25) is 4.79 Å². The Morgan fingerprint density at radius 2 is 0.754 bits per heavy atom. The van der Waals surface area contributed by atoms with E-state index < -0.39 is 18.2 Å². The molecule has 1 amide bonds. The molecule has 5 nitrogen and oxygen atoms in total. The van der Waals surface area contributed by atoms with Gasteiger partial charge in [0, 0.05) is 0 Å². The first-order valence-electron chi connectivity index (χ1n) is 25.3. The minimum absolute atomic E-state index is 0.00693. The summed E-state index contributed by atoms with van der Waals surface area (Å²) in [6.07, 6.45) is 60.6. The van der Waals surface area contributed by atoms with Crippen LogP contribution in [0.3, 0.4) is 0 Å². The van der Waals surface area contributed by atoms with Gasteiger partial charge in [0.05, 0.1) is 31.3 Å². The monoisotopic (exact) mass is 802 g/mol. The molecule has 336 valence electrons. The van der Waals surface area contributed by atoms with Crippen LogP contribution in [0.5, 0.6) is 0 Å². The Morgan fingerprint density at radius 1 is 0.439 bits per heavy atom. The number of nitrogens with one attached hydrogen (secondary N) is 1. The molecule has 0 aliphatic carbocycles. The Labute approximate surface area is 355 Å². The van der Waals surface area contributed by atoms with Gasteiger partial charge in [-0.05, 0) is 57.8 Å². The first-order valence-corrected chi connectivity index (χ1v) is 25.3. The van der Waals surface area contributed by atoms with Crippen molar-refractivity contribution in [1.82, 2.24) is 5.32 Å². The molecule has 0 saturated heterocycles. The van der Waals surface area contributed by atoms with E-state index in [-0.39, 0.29) is 18.9 Å². The topological polar surface area (TPSA) is 89.8 Å². The van der Waals surface area contributed by atoms with Crippen LogP contribution in [0.2, 0.25) is 0 Å². The number of hydrogen-bond donors (Lipinski definition) is 4. The van der Waals surface area contributed by atoms with Crippen LogP contribution < -0.4 is 5.32 Å². The van der Waals surface area contributed by atoms with Crippen molar-refractivity contribution in [2.24, 2.45) is 0 Å². The summed E-state index contributed by atoms with van der Waals surface area (Å²) in [5.74, 6) is -0.326. The van der Waals surface area contributed by atoms with Crippen LogP contribution in [0.1, 0.15) is 264 Å². The van der Waals surface area contributed by atoms with Gasteiger partial charge in [0.15, 0.2) is 0 Å². The Morgan fingerprint density at radius 3 is 1.16 bits per heavy atom. The third-order valence-corrected chi connectivity index (χ3v) is 11.6. The van der Waals surface area contributed by atoms with Crippen molar-refractivity contribution in [1.29, 1.82) is 0 Å². The van der Waals surface area contributed by atoms with E-state index in [4.69, 9.17) is 0 Å². The van der Waals surface area contributed by atoms with Crippen LogP contribution in [-0.4, -0.2) is 46.1 Å². The predicted octanol–water partition coefficient (Wildman–Crippen LogP) is 15.1. The molecule has 0 rings (SSSR count). The molecule has 3 atom stereocenters. The summed E-state index contributed by atoms with van der Waals surface area (Å²) in [6, 6.07) is -0.758. The lowest BCUT2D eigenvalue weighted by Crippen LogP contribution is -2.45. The SMILES string of the molecule is CCCCC/C=C/CC/C=C/C(O)C(CO)NC(=O)CC(O)CCCCCCCCCCCCCCCCC/C=C\CCCCCCCCCCCCCCCC. The van der Waals surface area contributed by atoms with E-state index in [1.807, 2.05) is 6.08 Å². The number of amides is 1. The smallest absolute Gasteiger partial charge is 0.222 e. The minimum Gasteiger partial charge on any atom is -0.394 e. The Bertz CT molecular complexity index is 885. The molecule has 4 N–H and O–H groups in total. The third-order valence-electron chi connectivity index (χ3n) is 11.6. The molecule has 0 saturated carbocycles. The number of carbonyl (C=O) groups excluding carboxylic acids is 1. The number of unbranched alkanes of at least 4 members (excludes halogenated alkanes) is 33. The zero-order valence-electron chi connectivity index (χ0n) is 38.2. The zero-order valence-corrected chi connectivity index (χ0v) is 38.2. The van der Waals surface area contributed by atoms with E-state index in [9.17, 15) is 20.1 Å². The second-order valence-electron chi connectivity index (χ2n) is 17.4. The van der Waals surface area contributed by atoms with E-state index in [2.05, 4.69) is 43.5 Å². The Kier molecular flexibility index (Phi) is 46.1. The number of carbonyl (C=O) groups is 1. The fraction of sp³-hybridized carbons (Fsp3) is 0.865. The van der Waals surface area contributed by atoms with Gasteiger partial charge in [-0.1, -0.05) is 237 Å². The highest BCUT2D eigenvalue weighted by Gasteiger charge is 2.20. The maximum absolute atomic E-state index is 12.4. The number of allylic oxidation sites excluding steroid dienone is 5. The number of rotatable bonds is 46. The van der Waals surface area contributed by atoms with E-state index in [1.165, 1.54) is 205 Å². The highest BCUT2D eigenvalue weighted by molar-refractivity contribution is 5.76. The maximum atomic E-state index is 12.4. The number of aliphatic hydroxyl groups excluding tert-OH is 3. The van der Waals surface area contributed by atoms with Crippen LogP contribution in [0.4, 0.5) is 0 Å². The summed E-state index contributed by atoms with van der Waals surface area (Å²) in [5, 5.41) is 33.1. The molecule has 0 heterocycles. The predicted molar refractivity (Wildman–Crippen MR) is 250 cm³/mol. The molecule has 0 radical (unpaired) electrons. The van der Waals surface area contributed by atoms with Gasteiger partial charge >= 0.3 is 0 Å². The molecule has 5 heteroatoms. The van der Waals surface area contributed by atoms with Gasteiger partial charge in [-0.2, -0.15) is 0 Å². The average Bonchev–Trinajstić information content (AvgIpc) is 3.20. The minimum atomic E-state index is -0.948. The summed E-state index contributed by atoms with van der Waals surface area (Å²) in [5.41, 5.74) is 0. The van der Waals surface area contributed by atoms with Crippen molar-refractivity contribution in [2.45, 2.75) is 283 Å². The van der Waals surface area contributed by atoms with Crippen molar-refractivity contribution in [3.8, 4) is 0 Å². The molecular weight excluding hydrogens is 703 g/mol. The van der Waals surface area contributed by atoms with Crippen molar-refractivity contribution in [2.75, 3.05) is 6.61 Å². The first kappa shape index (κ1) is 55.6. The second kappa shape index (κ2) is 47.3. The second-order valence-corrected chi connectivity index (χ2v) is 17.4. The standard InChI is InChI=1S/C52H99NO4/c1-3-5-7-9-11-13-14-15-16-17-18-19-20-21-22-23-24-25-26-27-28-29-30-31-32-33-34-35-36-38-39-41-43-45-49(55)47-52(57)53-50(48-54)51(56)46-44-42-40-37-12-10-8-6-4-2/h12,23-24,37,44,46,49-51,54-56H,3-11,13-22,25-36,38-43,45,47-48H2,1-2H3,(H,53,57)/b24-23-,37-12+,46-44+. The third kappa shape index (κ3) is 44.0. The summed E-state index contributed by atoms with van der Waals surface area (Å²) in [7, 11) is 0. The fourth-order valence-corrected chi connectivity index (χ4v) is 7.76. The zero-order chi connectivity index (χ0) is 41.5. The molecule has 0 bridgehead atoms. The van der Waals surface area contributed by atoms with Crippen LogP contribution in [0, 0.1) is 0 Å². The Hall–Kier alpha value is -1.43. The Balaban J connectivity index is 3.46. The van der Waals surface area contributed by atoms with E-state index >= 15 is 0 Å². The molecular formula is C52H99NO4. The molecule has 0 aliphatic rings. The van der Waals surface area contributed by atoms with Crippen molar-refractivity contribution in [3.05, 3.63) is 36.5 Å². The first-order chi connectivity index (χ1) is 28.0. The lowest BCUT2D eigenvalue weighted by atomic mass is 10.0. The highest BCUT2D eigenvalue weighted by Crippen LogP contribution is 2.16. The van der Waals surface area contributed by atoms with Crippen molar-refractivity contribution >= 4 is 5.91 Å². The normalized spacial score (nSPS) is 13.7. The summed E-state index contributed by atoms with van der Waals surface area (Å²) < 4.78 is 0. The van der Waals surface area contributed by atoms with Crippen molar-refractivity contribution < 1.29 is 20.1 Å². The largest absolute Gasteiger partial charge is 0.394 e. The summed E-state index contributed by atoms with van der Waals surface area (Å²) >= 11 is 0. The summed E-state index contributed by atoms with van der Waals surface area (Å²) in [4.78, 5) is 12.4. The van der Waals surface area contributed by atoms with Gasteiger partial charge in [0.25, 0.3) is 0 Å². The number of hydrogen-bond acceptors (Lipinski definition) is 4. The number of aliphatic hydroxyl groups is 3. The maximum Gasteiger partial charge on any atom is 0.222 e. The average molecular weight is 802 g/mol. The molecule has 0 spiro atoms. The van der Waals surface area contributed by atoms with E-state index in [1.54, 1.807) is 6.08 Å². The molecule has 0 aliphatic heterocycles. The molecule has 3 unspecified atom stereocenters. The molecule has 57 heavy (non-hydrogen) atoms. The molecule has 0 fully saturated rings. The lowest BCUT2D eigenvalue weighted by Gasteiger charge is -2.21. The molecule has 0 aromatic heterocycles. The van der Waals surface area contributed by atoms with Gasteiger partial charge in [-0.15, -0.1) is 0 Å². The molecule has 0 aromatic rings. The van der Waals surface area contributed by atoms with Gasteiger partial charge in [0.1, 0.15) is 0 Å².